The number of para-hydroxylation sites is 1. The number of nitrogens with one attached hydrogen (secondary N) is 1. The van der Waals surface area contributed by atoms with E-state index in [1.54, 1.807) is 36.4 Å². The molecular weight excluding hydrogens is 376 g/mol. The number of benzene rings is 2. The van der Waals surface area contributed by atoms with Crippen LogP contribution in [0.15, 0.2) is 48.5 Å². The number of anilines is 1. The molecule has 1 fully saturated rings. The lowest BCUT2D eigenvalue weighted by Gasteiger charge is -2.30. The number of carbonyl (C=O) groups excluding carboxylic acids is 2. The molecule has 1 N–H and O–H groups in total. The molecule has 0 aliphatic carbocycles. The van der Waals surface area contributed by atoms with Gasteiger partial charge in [0.25, 0.3) is 11.8 Å². The van der Waals surface area contributed by atoms with Crippen molar-refractivity contribution in [3.05, 3.63) is 59.7 Å². The fraction of sp³-hybridized carbons (Fsp3) is 0.440. The van der Waals surface area contributed by atoms with Crippen LogP contribution in [0.2, 0.25) is 0 Å². The first-order valence-electron chi connectivity index (χ1n) is 10.9. The van der Waals surface area contributed by atoms with E-state index in [-0.39, 0.29) is 11.8 Å². The maximum Gasteiger partial charge on any atom is 0.255 e. The lowest BCUT2D eigenvalue weighted by Crippen LogP contribution is -2.38. The van der Waals surface area contributed by atoms with Crippen LogP contribution in [0, 0.1) is 11.8 Å². The van der Waals surface area contributed by atoms with E-state index in [0.29, 0.717) is 35.3 Å². The Morgan fingerprint density at radius 1 is 1.07 bits per heavy atom. The maximum absolute atomic E-state index is 13.0. The Hall–Kier alpha value is -2.82. The Morgan fingerprint density at radius 2 is 1.73 bits per heavy atom. The van der Waals surface area contributed by atoms with Gasteiger partial charge in [0.05, 0.1) is 17.9 Å². The van der Waals surface area contributed by atoms with Crippen LogP contribution < -0.4 is 10.1 Å². The number of likely N-dealkylation sites (tertiary alicyclic amines) is 1. The molecule has 0 aromatic heterocycles. The molecule has 1 aliphatic rings. The van der Waals surface area contributed by atoms with Crippen LogP contribution in [0.4, 0.5) is 5.69 Å². The molecule has 0 spiro atoms. The zero-order valence-corrected chi connectivity index (χ0v) is 18.2. The molecule has 3 rings (SSSR count). The summed E-state index contributed by atoms with van der Waals surface area (Å²) < 4.78 is 5.71. The first-order valence-corrected chi connectivity index (χ1v) is 10.9. The zero-order valence-electron chi connectivity index (χ0n) is 18.2. The second-order valence-electron chi connectivity index (χ2n) is 8.53. The Balaban J connectivity index is 1.65. The molecule has 1 saturated heterocycles. The number of nitrogens with zero attached hydrogens (tertiary/aromatic N) is 1. The van der Waals surface area contributed by atoms with Crippen molar-refractivity contribution in [2.24, 2.45) is 11.8 Å². The third kappa shape index (κ3) is 5.85. The lowest BCUT2D eigenvalue weighted by molar-refractivity contribution is 0.0698. The van der Waals surface area contributed by atoms with Gasteiger partial charge in [-0.3, -0.25) is 9.59 Å². The highest BCUT2D eigenvalue weighted by atomic mass is 16.5. The highest BCUT2D eigenvalue weighted by molar-refractivity contribution is 6.09. The summed E-state index contributed by atoms with van der Waals surface area (Å²) in [5.41, 5.74) is 1.61. The number of ether oxygens (including phenoxy) is 1. The second-order valence-corrected chi connectivity index (χ2v) is 8.53. The van der Waals surface area contributed by atoms with Crippen molar-refractivity contribution in [3.63, 3.8) is 0 Å². The van der Waals surface area contributed by atoms with E-state index in [1.165, 1.54) is 0 Å². The lowest BCUT2D eigenvalue weighted by atomic mass is 9.98. The minimum atomic E-state index is -0.240. The number of carbonyl (C=O) groups is 2. The Bertz CT molecular complexity index is 853. The third-order valence-electron chi connectivity index (χ3n) is 5.56. The molecule has 1 aliphatic heterocycles. The molecule has 1 heterocycles. The number of hydrogen-bond acceptors (Lipinski definition) is 3. The minimum absolute atomic E-state index is 0.0216. The van der Waals surface area contributed by atoms with Gasteiger partial charge >= 0.3 is 0 Å². The fourth-order valence-corrected chi connectivity index (χ4v) is 3.47. The predicted molar refractivity (Wildman–Crippen MR) is 120 cm³/mol. The van der Waals surface area contributed by atoms with E-state index < -0.39 is 0 Å². The third-order valence-corrected chi connectivity index (χ3v) is 5.56. The molecule has 0 radical (unpaired) electrons. The van der Waals surface area contributed by atoms with Gasteiger partial charge in [-0.2, -0.15) is 0 Å². The highest BCUT2D eigenvalue weighted by Gasteiger charge is 2.23. The number of hydrogen-bond donors (Lipinski definition) is 1. The molecule has 2 aromatic rings. The Kier molecular flexibility index (Phi) is 7.50. The van der Waals surface area contributed by atoms with Crippen LogP contribution in [-0.4, -0.2) is 36.4 Å². The molecule has 30 heavy (non-hydrogen) atoms. The van der Waals surface area contributed by atoms with Gasteiger partial charge in [-0.15, -0.1) is 0 Å². The van der Waals surface area contributed by atoms with E-state index >= 15 is 0 Å². The summed E-state index contributed by atoms with van der Waals surface area (Å²) in [7, 11) is 0. The summed E-state index contributed by atoms with van der Waals surface area (Å²) in [6, 6.07) is 14.3. The number of amides is 2. The van der Waals surface area contributed by atoms with Crippen LogP contribution in [0.25, 0.3) is 0 Å². The summed E-state index contributed by atoms with van der Waals surface area (Å²) in [6.45, 7) is 8.72. The van der Waals surface area contributed by atoms with Gasteiger partial charge in [0.1, 0.15) is 5.75 Å². The van der Waals surface area contributed by atoms with Crippen molar-refractivity contribution in [2.45, 2.75) is 40.0 Å². The molecule has 5 nitrogen and oxygen atoms in total. The fourth-order valence-electron chi connectivity index (χ4n) is 3.47. The van der Waals surface area contributed by atoms with Crippen molar-refractivity contribution in [1.29, 1.82) is 0 Å². The molecule has 5 heteroatoms. The number of rotatable bonds is 7. The summed E-state index contributed by atoms with van der Waals surface area (Å²) in [4.78, 5) is 27.6. The quantitative estimate of drug-likeness (QED) is 0.682. The van der Waals surface area contributed by atoms with Crippen LogP contribution in [0.1, 0.15) is 60.7 Å². The van der Waals surface area contributed by atoms with Crippen LogP contribution >= 0.6 is 0 Å². The molecule has 0 unspecified atom stereocenters. The summed E-state index contributed by atoms with van der Waals surface area (Å²) in [5, 5.41) is 2.91. The molecule has 0 saturated carbocycles. The van der Waals surface area contributed by atoms with E-state index in [4.69, 9.17) is 4.74 Å². The molecule has 2 amide bonds. The van der Waals surface area contributed by atoms with Crippen LogP contribution in [-0.2, 0) is 0 Å². The highest BCUT2D eigenvalue weighted by Crippen LogP contribution is 2.23. The van der Waals surface area contributed by atoms with Crippen molar-refractivity contribution >= 4 is 17.5 Å². The first kappa shape index (κ1) is 21.9. The van der Waals surface area contributed by atoms with E-state index in [1.807, 2.05) is 17.0 Å². The Morgan fingerprint density at radius 3 is 2.40 bits per heavy atom. The molecule has 0 atom stereocenters. The Labute approximate surface area is 179 Å². The SMILES string of the molecule is CC(C)CCOc1ccc(C(=O)Nc2ccccc2C(=O)N2CCC(C)CC2)cc1. The standard InChI is InChI=1S/C25H32N2O3/c1-18(2)14-17-30-21-10-8-20(9-11-21)24(28)26-23-7-5-4-6-22(23)25(29)27-15-12-19(3)13-16-27/h4-11,18-19H,12-17H2,1-3H3,(H,26,28). The second kappa shape index (κ2) is 10.3. The normalized spacial score (nSPS) is 14.6. The van der Waals surface area contributed by atoms with Gasteiger partial charge in [-0.1, -0.05) is 32.9 Å². The molecule has 2 aromatic carbocycles. The summed E-state index contributed by atoms with van der Waals surface area (Å²) in [5.74, 6) is 1.73. The molecular formula is C25H32N2O3. The van der Waals surface area contributed by atoms with Crippen molar-refractivity contribution in [2.75, 3.05) is 25.0 Å². The van der Waals surface area contributed by atoms with Crippen molar-refractivity contribution < 1.29 is 14.3 Å². The van der Waals surface area contributed by atoms with E-state index in [9.17, 15) is 9.59 Å². The van der Waals surface area contributed by atoms with Crippen LogP contribution in [0.5, 0.6) is 5.75 Å². The first-order chi connectivity index (χ1) is 14.4. The monoisotopic (exact) mass is 408 g/mol. The van der Waals surface area contributed by atoms with Crippen molar-refractivity contribution in [3.8, 4) is 5.75 Å². The average molecular weight is 409 g/mol. The topological polar surface area (TPSA) is 58.6 Å². The molecule has 0 bridgehead atoms. The average Bonchev–Trinajstić information content (AvgIpc) is 2.74. The van der Waals surface area contributed by atoms with Crippen molar-refractivity contribution in [1.82, 2.24) is 4.90 Å². The van der Waals surface area contributed by atoms with E-state index in [0.717, 1.165) is 38.1 Å². The smallest absolute Gasteiger partial charge is 0.255 e. The maximum atomic E-state index is 13.0. The van der Waals surface area contributed by atoms with E-state index in [2.05, 4.69) is 26.1 Å². The summed E-state index contributed by atoms with van der Waals surface area (Å²) >= 11 is 0. The zero-order chi connectivity index (χ0) is 21.5. The minimum Gasteiger partial charge on any atom is -0.494 e. The van der Waals surface area contributed by atoms with Gasteiger partial charge in [-0.05, 0) is 67.5 Å². The van der Waals surface area contributed by atoms with Gasteiger partial charge in [0, 0.05) is 18.7 Å². The van der Waals surface area contributed by atoms with Gasteiger partial charge < -0.3 is 15.0 Å². The van der Waals surface area contributed by atoms with Crippen LogP contribution in [0.3, 0.4) is 0 Å². The summed E-state index contributed by atoms with van der Waals surface area (Å²) in [6.07, 6.45) is 3.03. The van der Waals surface area contributed by atoms with Gasteiger partial charge in [0.15, 0.2) is 0 Å². The number of piperidine rings is 1. The predicted octanol–water partition coefficient (Wildman–Crippen LogP) is 5.24. The molecule has 160 valence electrons. The van der Waals surface area contributed by atoms with Gasteiger partial charge in [0.2, 0.25) is 0 Å². The largest absolute Gasteiger partial charge is 0.494 e. The van der Waals surface area contributed by atoms with Gasteiger partial charge in [-0.25, -0.2) is 0 Å².